The first kappa shape index (κ1) is 17.5. The minimum Gasteiger partial charge on any atom is -0.338 e. The predicted molar refractivity (Wildman–Crippen MR) is 108 cm³/mol. The average Bonchev–Trinajstić information content (AvgIpc) is 2.77. The zero-order valence-corrected chi connectivity index (χ0v) is 14.8. The Hall–Kier alpha value is -3.90. The number of hydrogen-bond donors (Lipinski definition) is 1. The first-order chi connectivity index (χ1) is 13.8. The Labute approximate surface area is 161 Å². The van der Waals surface area contributed by atoms with Gasteiger partial charge in [0.2, 0.25) is 0 Å². The minimum absolute atomic E-state index is 0.246. The third kappa shape index (κ3) is 3.92. The summed E-state index contributed by atoms with van der Waals surface area (Å²) in [6, 6.07) is 28.0. The molecular weight excluding hydrogens is 352 g/mol. The lowest BCUT2D eigenvalue weighted by Gasteiger charge is -2.05. The van der Waals surface area contributed by atoms with E-state index in [1.807, 2.05) is 72.8 Å². The van der Waals surface area contributed by atoms with Crippen LogP contribution in [0.3, 0.4) is 0 Å². The minimum atomic E-state index is 0.246. The van der Waals surface area contributed by atoms with Gasteiger partial charge in [0, 0.05) is 5.39 Å². The standard InChI is InChI=1S/C22H16N4O2/c27-28-21-15-10-16-6-4-5-9-20(16)22(21)26-25-19-13-11-18(12-14-19)24-23-17-7-2-1-3-8-17/h1-15,27H. The maximum absolute atomic E-state index is 9.14. The SMILES string of the molecule is OOc1ccc2ccccc2c1N=Nc1ccc(N=Nc2ccccc2)cc1. The maximum atomic E-state index is 9.14. The number of fused-ring (bicyclic) bond motifs is 1. The molecule has 6 nitrogen and oxygen atoms in total. The molecule has 0 aliphatic heterocycles. The summed E-state index contributed by atoms with van der Waals surface area (Å²) in [4.78, 5) is 4.45. The van der Waals surface area contributed by atoms with E-state index in [1.165, 1.54) is 0 Å². The lowest BCUT2D eigenvalue weighted by Crippen LogP contribution is -1.85. The topological polar surface area (TPSA) is 78.9 Å². The summed E-state index contributed by atoms with van der Waals surface area (Å²) in [5, 5.41) is 27.9. The summed E-state index contributed by atoms with van der Waals surface area (Å²) in [5.74, 6) is 0.246. The quantitative estimate of drug-likeness (QED) is 0.224. The molecule has 0 unspecified atom stereocenters. The zero-order valence-electron chi connectivity index (χ0n) is 14.8. The summed E-state index contributed by atoms with van der Waals surface area (Å²) in [6.45, 7) is 0. The van der Waals surface area contributed by atoms with E-state index < -0.39 is 0 Å². The second-order valence-electron chi connectivity index (χ2n) is 5.98. The van der Waals surface area contributed by atoms with E-state index >= 15 is 0 Å². The smallest absolute Gasteiger partial charge is 0.193 e. The van der Waals surface area contributed by atoms with Crippen LogP contribution in [0, 0.1) is 0 Å². The van der Waals surface area contributed by atoms with Crippen LogP contribution in [0.15, 0.2) is 111 Å². The normalized spacial score (nSPS) is 11.5. The van der Waals surface area contributed by atoms with Crippen molar-refractivity contribution in [3.63, 3.8) is 0 Å². The van der Waals surface area contributed by atoms with Crippen LogP contribution >= 0.6 is 0 Å². The van der Waals surface area contributed by atoms with E-state index in [0.29, 0.717) is 17.1 Å². The predicted octanol–water partition coefficient (Wildman–Crippen LogP) is 7.52. The van der Waals surface area contributed by atoms with Crippen LogP contribution in [0.1, 0.15) is 0 Å². The van der Waals surface area contributed by atoms with Gasteiger partial charge in [0.05, 0.1) is 17.1 Å². The Bertz CT molecular complexity index is 1140. The van der Waals surface area contributed by atoms with Gasteiger partial charge in [0.15, 0.2) is 5.75 Å². The van der Waals surface area contributed by atoms with E-state index in [9.17, 15) is 0 Å². The van der Waals surface area contributed by atoms with E-state index in [0.717, 1.165) is 16.5 Å². The van der Waals surface area contributed by atoms with E-state index in [2.05, 4.69) is 25.3 Å². The van der Waals surface area contributed by atoms with Crippen molar-refractivity contribution in [1.82, 2.24) is 0 Å². The molecular formula is C22H16N4O2. The molecule has 0 saturated carbocycles. The van der Waals surface area contributed by atoms with Crippen molar-refractivity contribution < 1.29 is 10.1 Å². The number of benzene rings is 4. The highest BCUT2D eigenvalue weighted by molar-refractivity contribution is 5.95. The maximum Gasteiger partial charge on any atom is 0.193 e. The Balaban J connectivity index is 1.57. The van der Waals surface area contributed by atoms with Crippen molar-refractivity contribution in [1.29, 1.82) is 0 Å². The van der Waals surface area contributed by atoms with Gasteiger partial charge in [-0.05, 0) is 47.9 Å². The highest BCUT2D eigenvalue weighted by atomic mass is 17.1. The molecule has 0 radical (unpaired) electrons. The third-order valence-electron chi connectivity index (χ3n) is 4.11. The first-order valence-electron chi connectivity index (χ1n) is 8.65. The molecule has 0 bridgehead atoms. The zero-order chi connectivity index (χ0) is 19.2. The van der Waals surface area contributed by atoms with Crippen LogP contribution in [0.4, 0.5) is 22.7 Å². The largest absolute Gasteiger partial charge is 0.338 e. The van der Waals surface area contributed by atoms with Gasteiger partial charge in [0.25, 0.3) is 0 Å². The highest BCUT2D eigenvalue weighted by Gasteiger charge is 2.08. The van der Waals surface area contributed by atoms with Gasteiger partial charge in [-0.3, -0.25) is 0 Å². The summed E-state index contributed by atoms with van der Waals surface area (Å²) in [6.07, 6.45) is 0. The van der Waals surface area contributed by atoms with Gasteiger partial charge >= 0.3 is 0 Å². The second-order valence-corrected chi connectivity index (χ2v) is 5.98. The van der Waals surface area contributed by atoms with Gasteiger partial charge in [-0.2, -0.15) is 15.3 Å². The molecule has 0 amide bonds. The van der Waals surface area contributed by atoms with Crippen LogP contribution in [0.2, 0.25) is 0 Å². The molecule has 0 fully saturated rings. The molecule has 0 aliphatic rings. The monoisotopic (exact) mass is 368 g/mol. The molecule has 4 aromatic carbocycles. The van der Waals surface area contributed by atoms with Crippen molar-refractivity contribution in [2.24, 2.45) is 20.5 Å². The van der Waals surface area contributed by atoms with Gasteiger partial charge in [-0.1, -0.05) is 48.5 Å². The molecule has 4 aromatic rings. The molecule has 0 spiro atoms. The van der Waals surface area contributed by atoms with Crippen LogP contribution in [0.25, 0.3) is 10.8 Å². The summed E-state index contributed by atoms with van der Waals surface area (Å²) >= 11 is 0. The summed E-state index contributed by atoms with van der Waals surface area (Å²) < 4.78 is 0. The van der Waals surface area contributed by atoms with Crippen molar-refractivity contribution in [2.45, 2.75) is 0 Å². The van der Waals surface area contributed by atoms with Crippen LogP contribution in [-0.4, -0.2) is 5.26 Å². The fraction of sp³-hybridized carbons (Fsp3) is 0. The molecule has 136 valence electrons. The fourth-order valence-corrected chi connectivity index (χ4v) is 2.72. The lowest BCUT2D eigenvalue weighted by molar-refractivity contribution is -0.136. The summed E-state index contributed by atoms with van der Waals surface area (Å²) in [5.41, 5.74) is 2.62. The fourth-order valence-electron chi connectivity index (χ4n) is 2.72. The van der Waals surface area contributed by atoms with Crippen LogP contribution in [-0.2, 0) is 0 Å². The third-order valence-corrected chi connectivity index (χ3v) is 4.11. The van der Waals surface area contributed by atoms with Crippen molar-refractivity contribution in [3.8, 4) is 5.75 Å². The number of hydrogen-bond acceptors (Lipinski definition) is 6. The van der Waals surface area contributed by atoms with Gasteiger partial charge < -0.3 is 4.89 Å². The molecule has 28 heavy (non-hydrogen) atoms. The van der Waals surface area contributed by atoms with Crippen molar-refractivity contribution in [2.75, 3.05) is 0 Å². The van der Waals surface area contributed by atoms with Gasteiger partial charge in [-0.25, -0.2) is 5.26 Å². The lowest BCUT2D eigenvalue weighted by atomic mass is 10.1. The molecule has 0 saturated heterocycles. The van der Waals surface area contributed by atoms with Crippen molar-refractivity contribution >= 4 is 33.5 Å². The first-order valence-corrected chi connectivity index (χ1v) is 8.65. The molecule has 0 atom stereocenters. The Kier molecular flexibility index (Phi) is 5.13. The van der Waals surface area contributed by atoms with E-state index in [4.69, 9.17) is 5.26 Å². The second kappa shape index (κ2) is 8.20. The Morgan fingerprint density at radius 2 is 1.11 bits per heavy atom. The van der Waals surface area contributed by atoms with Crippen LogP contribution in [0.5, 0.6) is 5.75 Å². The van der Waals surface area contributed by atoms with E-state index in [-0.39, 0.29) is 5.75 Å². The molecule has 0 aliphatic carbocycles. The molecule has 1 N–H and O–H groups in total. The average molecular weight is 368 g/mol. The van der Waals surface area contributed by atoms with E-state index in [1.54, 1.807) is 18.2 Å². The number of azo groups is 2. The van der Waals surface area contributed by atoms with Crippen LogP contribution < -0.4 is 4.89 Å². The van der Waals surface area contributed by atoms with Gasteiger partial charge in [-0.15, -0.1) is 5.11 Å². The highest BCUT2D eigenvalue weighted by Crippen LogP contribution is 2.36. The summed E-state index contributed by atoms with van der Waals surface area (Å²) in [7, 11) is 0. The molecule has 0 aromatic heterocycles. The Morgan fingerprint density at radius 3 is 1.79 bits per heavy atom. The molecule has 0 heterocycles. The van der Waals surface area contributed by atoms with Gasteiger partial charge in [0.1, 0.15) is 5.69 Å². The Morgan fingerprint density at radius 1 is 0.536 bits per heavy atom. The van der Waals surface area contributed by atoms with Crippen molar-refractivity contribution in [3.05, 3.63) is 91.0 Å². The number of rotatable bonds is 5. The molecule has 4 rings (SSSR count). The number of nitrogens with zero attached hydrogens (tertiary/aromatic N) is 4. The molecule has 6 heteroatoms.